The molecule has 0 saturated carbocycles. The Kier molecular flexibility index (Phi) is 4.95. The molecule has 20 heavy (non-hydrogen) atoms. The van der Waals surface area contributed by atoms with Gasteiger partial charge in [0.2, 0.25) is 0 Å². The molecule has 2 rings (SSSR count). The fourth-order valence-corrected chi connectivity index (χ4v) is 1.84. The quantitative estimate of drug-likeness (QED) is 0.696. The molecule has 104 valence electrons. The molecular formula is C14H11Cl2NO3. The Bertz CT molecular complexity index is 605. The first-order valence-electron chi connectivity index (χ1n) is 5.80. The van der Waals surface area contributed by atoms with Crippen molar-refractivity contribution in [3.8, 4) is 5.75 Å². The van der Waals surface area contributed by atoms with Crippen LogP contribution in [-0.4, -0.2) is 22.2 Å². The summed E-state index contributed by atoms with van der Waals surface area (Å²) in [5, 5.41) is 10.4. The Morgan fingerprint density at radius 3 is 2.75 bits per heavy atom. The number of ether oxygens (including phenoxy) is 1. The summed E-state index contributed by atoms with van der Waals surface area (Å²) in [4.78, 5) is 15.7. The molecule has 1 aromatic carbocycles. The summed E-state index contributed by atoms with van der Waals surface area (Å²) in [6.07, 6.45) is 2.06. The normalized spacial score (nSPS) is 11.9. The molecule has 0 bridgehead atoms. The number of aliphatic hydroxyl groups excluding tert-OH is 1. The number of pyridine rings is 1. The van der Waals surface area contributed by atoms with Gasteiger partial charge < -0.3 is 9.84 Å². The van der Waals surface area contributed by atoms with Gasteiger partial charge in [-0.2, -0.15) is 0 Å². The van der Waals surface area contributed by atoms with E-state index in [0.29, 0.717) is 5.02 Å². The maximum atomic E-state index is 11.7. The lowest BCUT2D eigenvalue weighted by Crippen LogP contribution is -2.27. The number of aliphatic hydroxyl groups is 1. The van der Waals surface area contributed by atoms with Crippen LogP contribution in [-0.2, 0) is 11.2 Å². The smallest absolute Gasteiger partial charge is 0.340 e. The van der Waals surface area contributed by atoms with Gasteiger partial charge in [0, 0.05) is 24.9 Å². The molecule has 0 radical (unpaired) electrons. The third-order valence-corrected chi connectivity index (χ3v) is 3.27. The Balaban J connectivity index is 1.99. The standard InChI is InChI=1S/C14H11Cl2NO3/c15-11-4-3-10(7-12(11)16)20-14(19)13(18)6-9-2-1-5-17-8-9/h1-5,7-8,13,18H,6H2. The van der Waals surface area contributed by atoms with Crippen molar-refractivity contribution in [2.24, 2.45) is 0 Å². The van der Waals surface area contributed by atoms with Gasteiger partial charge >= 0.3 is 5.97 Å². The zero-order chi connectivity index (χ0) is 14.5. The van der Waals surface area contributed by atoms with Gasteiger partial charge in [-0.15, -0.1) is 0 Å². The van der Waals surface area contributed by atoms with Crippen LogP contribution >= 0.6 is 23.2 Å². The Morgan fingerprint density at radius 2 is 2.10 bits per heavy atom. The highest BCUT2D eigenvalue weighted by Gasteiger charge is 2.18. The Morgan fingerprint density at radius 1 is 1.30 bits per heavy atom. The van der Waals surface area contributed by atoms with Gasteiger partial charge in [-0.1, -0.05) is 29.3 Å². The fourth-order valence-electron chi connectivity index (χ4n) is 1.55. The molecule has 1 N–H and O–H groups in total. The minimum absolute atomic E-state index is 0.133. The molecule has 0 aliphatic rings. The molecule has 4 nitrogen and oxygen atoms in total. The van der Waals surface area contributed by atoms with Crippen molar-refractivity contribution in [1.29, 1.82) is 0 Å². The fraction of sp³-hybridized carbons (Fsp3) is 0.143. The lowest BCUT2D eigenvalue weighted by atomic mass is 10.1. The third kappa shape index (κ3) is 3.93. The van der Waals surface area contributed by atoms with E-state index in [2.05, 4.69) is 4.98 Å². The highest BCUT2D eigenvalue weighted by atomic mass is 35.5. The van der Waals surface area contributed by atoms with E-state index in [4.69, 9.17) is 27.9 Å². The zero-order valence-electron chi connectivity index (χ0n) is 10.3. The minimum Gasteiger partial charge on any atom is -0.425 e. The van der Waals surface area contributed by atoms with Crippen molar-refractivity contribution in [3.63, 3.8) is 0 Å². The highest BCUT2D eigenvalue weighted by Crippen LogP contribution is 2.26. The maximum absolute atomic E-state index is 11.7. The van der Waals surface area contributed by atoms with Crippen LogP contribution in [0, 0.1) is 0 Å². The van der Waals surface area contributed by atoms with Crippen LogP contribution in [0.4, 0.5) is 0 Å². The number of carbonyl (C=O) groups is 1. The van der Waals surface area contributed by atoms with E-state index in [1.54, 1.807) is 24.5 Å². The Labute approximate surface area is 125 Å². The van der Waals surface area contributed by atoms with Crippen molar-refractivity contribution in [3.05, 3.63) is 58.3 Å². The summed E-state index contributed by atoms with van der Waals surface area (Å²) < 4.78 is 5.03. The number of rotatable bonds is 4. The summed E-state index contributed by atoms with van der Waals surface area (Å²) in [7, 11) is 0. The van der Waals surface area contributed by atoms with E-state index >= 15 is 0 Å². The van der Waals surface area contributed by atoms with Gasteiger partial charge in [-0.3, -0.25) is 4.98 Å². The van der Waals surface area contributed by atoms with Gasteiger partial charge in [-0.05, 0) is 23.8 Å². The lowest BCUT2D eigenvalue weighted by molar-refractivity contribution is -0.143. The van der Waals surface area contributed by atoms with Gasteiger partial charge in [0.15, 0.2) is 6.10 Å². The number of hydrogen-bond donors (Lipinski definition) is 1. The predicted molar refractivity (Wildman–Crippen MR) is 76.0 cm³/mol. The number of esters is 1. The molecule has 0 saturated heterocycles. The summed E-state index contributed by atoms with van der Waals surface area (Å²) >= 11 is 11.6. The van der Waals surface area contributed by atoms with Crippen LogP contribution < -0.4 is 4.74 Å². The van der Waals surface area contributed by atoms with E-state index in [0.717, 1.165) is 5.56 Å². The minimum atomic E-state index is -1.27. The Hall–Kier alpha value is -1.62. The predicted octanol–water partition coefficient (Wildman–Crippen LogP) is 2.90. The second kappa shape index (κ2) is 6.70. The monoisotopic (exact) mass is 311 g/mol. The summed E-state index contributed by atoms with van der Waals surface area (Å²) in [5.74, 6) is -0.526. The molecule has 0 aliphatic carbocycles. The van der Waals surface area contributed by atoms with Crippen LogP contribution in [0.3, 0.4) is 0 Å². The molecule has 2 aromatic rings. The van der Waals surface area contributed by atoms with Crippen molar-refractivity contribution >= 4 is 29.2 Å². The molecule has 1 aromatic heterocycles. The number of aromatic nitrogens is 1. The molecule has 0 aliphatic heterocycles. The van der Waals surface area contributed by atoms with Gasteiger partial charge in [0.25, 0.3) is 0 Å². The van der Waals surface area contributed by atoms with Crippen LogP contribution in [0.1, 0.15) is 5.56 Å². The van der Waals surface area contributed by atoms with Crippen LogP contribution in [0.2, 0.25) is 10.0 Å². The number of benzene rings is 1. The average molecular weight is 312 g/mol. The van der Waals surface area contributed by atoms with Crippen molar-refractivity contribution in [2.45, 2.75) is 12.5 Å². The first-order valence-corrected chi connectivity index (χ1v) is 6.55. The van der Waals surface area contributed by atoms with Crippen LogP contribution in [0.5, 0.6) is 5.75 Å². The lowest BCUT2D eigenvalue weighted by Gasteiger charge is -2.10. The zero-order valence-corrected chi connectivity index (χ0v) is 11.8. The van der Waals surface area contributed by atoms with E-state index in [1.165, 1.54) is 18.2 Å². The second-order valence-corrected chi connectivity index (χ2v) is 4.89. The van der Waals surface area contributed by atoms with Gasteiger partial charge in [-0.25, -0.2) is 4.79 Å². The maximum Gasteiger partial charge on any atom is 0.340 e. The third-order valence-electron chi connectivity index (χ3n) is 2.53. The van der Waals surface area contributed by atoms with Crippen molar-refractivity contribution in [2.75, 3.05) is 0 Å². The van der Waals surface area contributed by atoms with Crippen LogP contribution in [0.15, 0.2) is 42.7 Å². The van der Waals surface area contributed by atoms with E-state index in [-0.39, 0.29) is 17.2 Å². The van der Waals surface area contributed by atoms with Gasteiger partial charge in [0.05, 0.1) is 10.0 Å². The number of hydrogen-bond acceptors (Lipinski definition) is 4. The first-order chi connectivity index (χ1) is 9.56. The van der Waals surface area contributed by atoms with Crippen LogP contribution in [0.25, 0.3) is 0 Å². The summed E-state index contributed by atoms with van der Waals surface area (Å²) in [5.41, 5.74) is 0.742. The number of nitrogens with zero attached hydrogens (tertiary/aromatic N) is 1. The highest BCUT2D eigenvalue weighted by molar-refractivity contribution is 6.42. The molecular weight excluding hydrogens is 301 g/mol. The average Bonchev–Trinajstić information content (AvgIpc) is 2.44. The number of halogens is 2. The molecule has 6 heteroatoms. The molecule has 0 amide bonds. The molecule has 1 heterocycles. The molecule has 0 spiro atoms. The second-order valence-electron chi connectivity index (χ2n) is 4.08. The largest absolute Gasteiger partial charge is 0.425 e. The van der Waals surface area contributed by atoms with E-state index < -0.39 is 12.1 Å². The SMILES string of the molecule is O=C(Oc1ccc(Cl)c(Cl)c1)C(O)Cc1cccnc1. The summed E-state index contributed by atoms with van der Waals surface area (Å²) in [6.45, 7) is 0. The molecule has 1 atom stereocenters. The van der Waals surface area contributed by atoms with Gasteiger partial charge in [0.1, 0.15) is 5.75 Å². The van der Waals surface area contributed by atoms with E-state index in [1.807, 2.05) is 0 Å². The molecule has 1 unspecified atom stereocenters. The topological polar surface area (TPSA) is 59.4 Å². The summed E-state index contributed by atoms with van der Waals surface area (Å²) in [6, 6.07) is 7.93. The van der Waals surface area contributed by atoms with E-state index in [9.17, 15) is 9.90 Å². The van der Waals surface area contributed by atoms with Crippen molar-refractivity contribution < 1.29 is 14.6 Å². The number of carbonyl (C=O) groups excluding carboxylic acids is 1. The molecule has 0 fully saturated rings. The first kappa shape index (κ1) is 14.8. The van der Waals surface area contributed by atoms with Crippen molar-refractivity contribution in [1.82, 2.24) is 4.98 Å².